The van der Waals surface area contributed by atoms with Gasteiger partial charge in [-0.05, 0) is 23.3 Å². The van der Waals surface area contributed by atoms with Crippen molar-refractivity contribution in [2.45, 2.75) is 25.7 Å². The minimum absolute atomic E-state index is 0.0485. The fourth-order valence-corrected chi connectivity index (χ4v) is 4.13. The van der Waals surface area contributed by atoms with E-state index < -0.39 is 18.1 Å². The van der Waals surface area contributed by atoms with Crippen LogP contribution in [0.4, 0.5) is 4.79 Å². The average molecular weight is 447 g/mol. The number of para-hydroxylation sites is 1. The fourth-order valence-electron chi connectivity index (χ4n) is 3.11. The van der Waals surface area contributed by atoms with E-state index in [0.717, 1.165) is 21.3 Å². The smallest absolute Gasteiger partial charge is 0.408 e. The van der Waals surface area contributed by atoms with Crippen molar-refractivity contribution in [3.63, 3.8) is 0 Å². The molecule has 1 aromatic heterocycles. The number of carbonyl (C=O) groups is 2. The Bertz CT molecular complexity index is 1090. The zero-order valence-corrected chi connectivity index (χ0v) is 18.1. The number of carbonyl (C=O) groups excluding carboxylic acids is 2. The third-order valence-electron chi connectivity index (χ3n) is 4.73. The normalized spacial score (nSPS) is 11.6. The van der Waals surface area contributed by atoms with Gasteiger partial charge in [-0.2, -0.15) is 0 Å². The maximum absolute atomic E-state index is 12.5. The number of benzene rings is 3. The lowest BCUT2D eigenvalue weighted by Crippen LogP contribution is -2.31. The lowest BCUT2D eigenvalue weighted by molar-refractivity contribution is -0.145. The lowest BCUT2D eigenvalue weighted by atomic mass is 10.2. The Morgan fingerprint density at radius 2 is 1.41 bits per heavy atom. The van der Waals surface area contributed by atoms with Crippen LogP contribution in [0.15, 0.2) is 84.9 Å². The summed E-state index contributed by atoms with van der Waals surface area (Å²) in [5, 5.41) is 3.40. The van der Waals surface area contributed by atoms with Crippen LogP contribution in [0.2, 0.25) is 0 Å². The zero-order valence-electron chi connectivity index (χ0n) is 17.3. The first-order chi connectivity index (χ1) is 15.7. The number of hydrogen-bond acceptors (Lipinski definition) is 6. The number of nitrogens with one attached hydrogen (secondary N) is 1. The molecular formula is C25H22N2O4S. The second kappa shape index (κ2) is 10.5. The summed E-state index contributed by atoms with van der Waals surface area (Å²) >= 11 is 1.43. The van der Waals surface area contributed by atoms with E-state index in [1.54, 1.807) is 0 Å². The van der Waals surface area contributed by atoms with Crippen molar-refractivity contribution in [3.05, 3.63) is 101 Å². The summed E-state index contributed by atoms with van der Waals surface area (Å²) in [5.41, 5.74) is 2.59. The fraction of sp³-hybridized carbons (Fsp3) is 0.160. The van der Waals surface area contributed by atoms with Crippen LogP contribution in [0.25, 0.3) is 10.2 Å². The highest BCUT2D eigenvalue weighted by molar-refractivity contribution is 7.18. The first-order valence-corrected chi connectivity index (χ1v) is 11.0. The van der Waals surface area contributed by atoms with Crippen LogP contribution in [-0.2, 0) is 27.5 Å². The molecule has 1 amide bonds. The van der Waals surface area contributed by atoms with Crippen molar-refractivity contribution in [1.29, 1.82) is 0 Å². The molecule has 1 heterocycles. The Morgan fingerprint density at radius 3 is 2.06 bits per heavy atom. The van der Waals surface area contributed by atoms with E-state index in [4.69, 9.17) is 9.47 Å². The second-order valence-electron chi connectivity index (χ2n) is 7.13. The summed E-state index contributed by atoms with van der Waals surface area (Å²) < 4.78 is 11.7. The molecule has 0 aliphatic rings. The summed E-state index contributed by atoms with van der Waals surface area (Å²) in [5.74, 6) is -0.429. The summed E-state index contributed by atoms with van der Waals surface area (Å²) in [7, 11) is 0. The first-order valence-electron chi connectivity index (χ1n) is 10.2. The molecule has 32 heavy (non-hydrogen) atoms. The number of ether oxygens (including phenoxy) is 2. The molecule has 0 spiro atoms. The van der Waals surface area contributed by atoms with E-state index in [0.29, 0.717) is 5.01 Å². The average Bonchev–Trinajstić information content (AvgIpc) is 3.27. The van der Waals surface area contributed by atoms with Crippen molar-refractivity contribution >= 4 is 33.6 Å². The molecule has 1 N–H and O–H groups in total. The van der Waals surface area contributed by atoms with Crippen LogP contribution < -0.4 is 5.32 Å². The maximum atomic E-state index is 12.5. The van der Waals surface area contributed by atoms with Gasteiger partial charge in [-0.1, -0.05) is 72.8 Å². The number of esters is 1. The minimum atomic E-state index is -0.654. The van der Waals surface area contributed by atoms with Crippen molar-refractivity contribution in [1.82, 2.24) is 10.3 Å². The van der Waals surface area contributed by atoms with Crippen LogP contribution in [-0.4, -0.2) is 17.0 Å². The van der Waals surface area contributed by atoms with Gasteiger partial charge in [-0.25, -0.2) is 9.78 Å². The molecule has 1 atom stereocenters. The molecular weight excluding hydrogens is 424 g/mol. The minimum Gasteiger partial charge on any atom is -0.461 e. The third-order valence-corrected chi connectivity index (χ3v) is 5.88. The molecule has 0 aliphatic heterocycles. The molecule has 0 radical (unpaired) electrons. The molecule has 0 aliphatic carbocycles. The van der Waals surface area contributed by atoms with E-state index in [1.807, 2.05) is 84.9 Å². The summed E-state index contributed by atoms with van der Waals surface area (Å²) in [6, 6.07) is 25.9. The molecule has 162 valence electrons. The van der Waals surface area contributed by atoms with Crippen LogP contribution in [0.5, 0.6) is 0 Å². The molecule has 0 bridgehead atoms. The van der Waals surface area contributed by atoms with Crippen molar-refractivity contribution in [2.75, 3.05) is 0 Å². The number of rotatable bonds is 8. The Hall–Kier alpha value is -3.71. The monoisotopic (exact) mass is 446 g/mol. The van der Waals surface area contributed by atoms with Gasteiger partial charge < -0.3 is 14.8 Å². The summed E-state index contributed by atoms with van der Waals surface area (Å²) in [4.78, 5) is 29.6. The number of aromatic nitrogens is 1. The predicted octanol–water partition coefficient (Wildman–Crippen LogP) is 5.40. The highest BCUT2D eigenvalue weighted by Crippen LogP contribution is 2.28. The number of amides is 1. The van der Waals surface area contributed by atoms with Crippen molar-refractivity contribution in [3.8, 4) is 0 Å². The highest BCUT2D eigenvalue weighted by Gasteiger charge is 2.23. The van der Waals surface area contributed by atoms with E-state index in [2.05, 4.69) is 10.3 Å². The Labute approximate surface area is 189 Å². The lowest BCUT2D eigenvalue weighted by Gasteiger charge is -2.16. The number of hydrogen-bond donors (Lipinski definition) is 1. The largest absolute Gasteiger partial charge is 0.461 e. The molecule has 4 rings (SSSR count). The van der Waals surface area contributed by atoms with Gasteiger partial charge >= 0.3 is 12.1 Å². The van der Waals surface area contributed by atoms with E-state index in [9.17, 15) is 9.59 Å². The van der Waals surface area contributed by atoms with Gasteiger partial charge in [0.15, 0.2) is 0 Å². The van der Waals surface area contributed by atoms with Gasteiger partial charge in [0.2, 0.25) is 0 Å². The number of thiazole rings is 1. The Kier molecular flexibility index (Phi) is 7.09. The second-order valence-corrected chi connectivity index (χ2v) is 8.19. The number of alkyl carbamates (subject to hydrolysis) is 1. The van der Waals surface area contributed by atoms with Crippen LogP contribution in [0.1, 0.15) is 28.6 Å². The van der Waals surface area contributed by atoms with Crippen LogP contribution in [0, 0.1) is 0 Å². The van der Waals surface area contributed by atoms with E-state index in [1.165, 1.54) is 11.3 Å². The summed E-state index contributed by atoms with van der Waals surface area (Å²) in [6.07, 6.45) is -0.665. The maximum Gasteiger partial charge on any atom is 0.408 e. The van der Waals surface area contributed by atoms with Crippen molar-refractivity contribution < 1.29 is 19.1 Å². The molecule has 7 heteroatoms. The number of nitrogens with zero attached hydrogens (tertiary/aromatic N) is 1. The van der Waals surface area contributed by atoms with Gasteiger partial charge in [0, 0.05) is 0 Å². The van der Waals surface area contributed by atoms with Gasteiger partial charge in [-0.3, -0.25) is 4.79 Å². The molecule has 4 aromatic rings. The molecule has 0 saturated carbocycles. The standard InChI is InChI=1S/C25H22N2O4S/c28-23(30-16-18-9-3-1-4-10-18)15-21(24-26-20-13-7-8-14-22(20)32-24)27-25(29)31-17-19-11-5-2-6-12-19/h1-14,21H,15-17H2,(H,27,29). The summed E-state index contributed by atoms with van der Waals surface area (Å²) in [6.45, 7) is 0.308. The van der Waals surface area contributed by atoms with Gasteiger partial charge in [-0.15, -0.1) is 11.3 Å². The van der Waals surface area contributed by atoms with E-state index in [-0.39, 0.29) is 19.6 Å². The number of fused-ring (bicyclic) bond motifs is 1. The zero-order chi connectivity index (χ0) is 22.2. The Morgan fingerprint density at radius 1 is 0.812 bits per heavy atom. The van der Waals surface area contributed by atoms with E-state index >= 15 is 0 Å². The van der Waals surface area contributed by atoms with Crippen LogP contribution >= 0.6 is 11.3 Å². The van der Waals surface area contributed by atoms with Gasteiger partial charge in [0.05, 0.1) is 22.7 Å². The molecule has 1 unspecified atom stereocenters. The third kappa shape index (κ3) is 5.92. The van der Waals surface area contributed by atoms with Crippen LogP contribution in [0.3, 0.4) is 0 Å². The first kappa shape index (κ1) is 21.5. The van der Waals surface area contributed by atoms with Gasteiger partial charge in [0.1, 0.15) is 18.2 Å². The van der Waals surface area contributed by atoms with Gasteiger partial charge in [0.25, 0.3) is 0 Å². The quantitative estimate of drug-likeness (QED) is 0.367. The predicted molar refractivity (Wildman–Crippen MR) is 123 cm³/mol. The highest BCUT2D eigenvalue weighted by atomic mass is 32.1. The Balaban J connectivity index is 1.43. The SMILES string of the molecule is O=C(CC(NC(=O)OCc1ccccc1)c1nc2ccccc2s1)OCc1ccccc1. The molecule has 0 saturated heterocycles. The molecule has 6 nitrogen and oxygen atoms in total. The molecule has 3 aromatic carbocycles. The molecule has 0 fully saturated rings. The van der Waals surface area contributed by atoms with Crippen molar-refractivity contribution in [2.24, 2.45) is 0 Å². The topological polar surface area (TPSA) is 77.5 Å².